The number of aliphatic hydroxyl groups excluding tert-OH is 1. The van der Waals surface area contributed by atoms with E-state index in [0.29, 0.717) is 41.3 Å². The summed E-state index contributed by atoms with van der Waals surface area (Å²) in [7, 11) is 8.27. The molecular weight excluding hydrogens is 464 g/mol. The number of amides is 1. The van der Waals surface area contributed by atoms with Gasteiger partial charge in [0.2, 0.25) is 5.75 Å². The maximum absolute atomic E-state index is 13.3. The molecule has 2 unspecified atom stereocenters. The second-order valence-electron chi connectivity index (χ2n) is 9.21. The van der Waals surface area contributed by atoms with Crippen LogP contribution in [-0.4, -0.2) is 81.2 Å². The molecule has 1 N–H and O–H groups in total. The number of ether oxygens (including phenoxy) is 4. The van der Waals surface area contributed by atoms with E-state index in [4.69, 9.17) is 18.9 Å². The summed E-state index contributed by atoms with van der Waals surface area (Å²) in [6, 6.07) is 7.85. The number of aliphatic hydroxyl groups is 1. The third-order valence-electron chi connectivity index (χ3n) is 6.50. The lowest BCUT2D eigenvalue weighted by atomic mass is 9.94. The monoisotopic (exact) mass is 496 g/mol. The Morgan fingerprint density at radius 3 is 2.33 bits per heavy atom. The maximum atomic E-state index is 13.3. The van der Waals surface area contributed by atoms with E-state index in [-0.39, 0.29) is 24.0 Å². The predicted octanol–water partition coefficient (Wildman–Crippen LogP) is 3.02. The molecule has 9 heteroatoms. The van der Waals surface area contributed by atoms with Crippen molar-refractivity contribution < 1.29 is 33.6 Å². The highest BCUT2D eigenvalue weighted by Crippen LogP contribution is 2.46. The van der Waals surface area contributed by atoms with Gasteiger partial charge in [-0.15, -0.1) is 0 Å². The molecule has 2 heterocycles. The quantitative estimate of drug-likeness (QED) is 0.338. The number of carbonyl (C=O) groups excluding carboxylic acids is 2. The number of Topliss-reactive ketones (excluding diaryl/α,β-unsaturated/α-hetero) is 1. The van der Waals surface area contributed by atoms with E-state index in [2.05, 4.69) is 0 Å². The van der Waals surface area contributed by atoms with Crippen LogP contribution >= 0.6 is 0 Å². The van der Waals surface area contributed by atoms with Gasteiger partial charge in [-0.3, -0.25) is 9.59 Å². The Hall–Kier alpha value is -3.72. The third kappa shape index (κ3) is 4.46. The molecule has 192 valence electrons. The van der Waals surface area contributed by atoms with Crippen LogP contribution in [0.15, 0.2) is 35.9 Å². The zero-order valence-electron chi connectivity index (χ0n) is 21.5. The van der Waals surface area contributed by atoms with Gasteiger partial charge < -0.3 is 33.9 Å². The molecule has 2 atom stereocenters. The van der Waals surface area contributed by atoms with Crippen molar-refractivity contribution in [3.8, 4) is 23.0 Å². The average Bonchev–Trinajstić information content (AvgIpc) is 3.36. The lowest BCUT2D eigenvalue weighted by Crippen LogP contribution is -2.35. The van der Waals surface area contributed by atoms with Gasteiger partial charge in [-0.25, -0.2) is 0 Å². The highest BCUT2D eigenvalue weighted by Gasteiger charge is 2.46. The Kier molecular flexibility index (Phi) is 7.12. The fourth-order valence-corrected chi connectivity index (χ4v) is 4.75. The molecule has 2 aliphatic rings. The summed E-state index contributed by atoms with van der Waals surface area (Å²) in [5.74, 6) is 0.267. The van der Waals surface area contributed by atoms with Crippen LogP contribution in [-0.2, 0) is 16.0 Å². The van der Waals surface area contributed by atoms with E-state index in [9.17, 15) is 14.7 Å². The van der Waals surface area contributed by atoms with Gasteiger partial charge in [-0.05, 0) is 62.5 Å². The minimum absolute atomic E-state index is 0.0138. The van der Waals surface area contributed by atoms with Gasteiger partial charge in [0.15, 0.2) is 11.5 Å². The van der Waals surface area contributed by atoms with Gasteiger partial charge in [-0.2, -0.15) is 0 Å². The number of hydrogen-bond donors (Lipinski definition) is 1. The van der Waals surface area contributed by atoms with Gasteiger partial charge in [-0.1, -0.05) is 0 Å². The summed E-state index contributed by atoms with van der Waals surface area (Å²) in [5, 5.41) is 11.4. The number of fused-ring (bicyclic) bond motifs is 1. The molecule has 0 spiro atoms. The summed E-state index contributed by atoms with van der Waals surface area (Å²) < 4.78 is 22.2. The standard InChI is InChI=1S/C27H32N2O7/c1-15-11-17-12-16(7-8-19(17)36-15)24(30)22-23(29(10-9-28(2)3)27(32)25(22)31)18-13-20(33-4)26(35-6)21(14-18)34-5/h7-8,12-15,23,30H,9-11H2,1-6H3/b24-22-. The number of carbonyl (C=O) groups is 2. The van der Waals surface area contributed by atoms with E-state index >= 15 is 0 Å². The van der Waals surface area contributed by atoms with E-state index in [1.807, 2.05) is 32.0 Å². The first-order valence-corrected chi connectivity index (χ1v) is 11.7. The summed E-state index contributed by atoms with van der Waals surface area (Å²) in [5.41, 5.74) is 1.97. The average molecular weight is 497 g/mol. The number of likely N-dealkylation sites (N-methyl/N-ethyl adjacent to an activating group) is 1. The van der Waals surface area contributed by atoms with Gasteiger partial charge in [0.05, 0.1) is 32.9 Å². The highest BCUT2D eigenvalue weighted by atomic mass is 16.5. The Labute approximate surface area is 210 Å². The van der Waals surface area contributed by atoms with Gasteiger partial charge in [0, 0.05) is 25.1 Å². The summed E-state index contributed by atoms with van der Waals surface area (Å²) in [6.07, 6.45) is 0.734. The Morgan fingerprint density at radius 2 is 1.75 bits per heavy atom. The first kappa shape index (κ1) is 25.4. The molecule has 36 heavy (non-hydrogen) atoms. The fraction of sp³-hybridized carbons (Fsp3) is 0.407. The summed E-state index contributed by atoms with van der Waals surface area (Å²) >= 11 is 0. The molecule has 2 aromatic carbocycles. The fourth-order valence-electron chi connectivity index (χ4n) is 4.75. The predicted molar refractivity (Wildman–Crippen MR) is 134 cm³/mol. The number of nitrogens with zero attached hydrogens (tertiary/aromatic N) is 2. The van der Waals surface area contributed by atoms with Gasteiger partial charge in [0.1, 0.15) is 17.6 Å². The lowest BCUT2D eigenvalue weighted by Gasteiger charge is -2.27. The van der Waals surface area contributed by atoms with Crippen LogP contribution in [0, 0.1) is 0 Å². The molecule has 0 bridgehead atoms. The van der Waals surface area contributed by atoms with E-state index < -0.39 is 17.7 Å². The largest absolute Gasteiger partial charge is 0.507 e. The number of hydrogen-bond acceptors (Lipinski definition) is 8. The van der Waals surface area contributed by atoms with Gasteiger partial charge >= 0.3 is 0 Å². The normalized spacial score (nSPS) is 20.5. The number of benzene rings is 2. The van der Waals surface area contributed by atoms with Gasteiger partial charge in [0.25, 0.3) is 11.7 Å². The van der Waals surface area contributed by atoms with E-state index in [0.717, 1.165) is 11.3 Å². The number of ketones is 1. The maximum Gasteiger partial charge on any atom is 0.295 e. The second-order valence-corrected chi connectivity index (χ2v) is 9.21. The summed E-state index contributed by atoms with van der Waals surface area (Å²) in [6.45, 7) is 2.79. The minimum Gasteiger partial charge on any atom is -0.507 e. The topological polar surface area (TPSA) is 97.8 Å². The van der Waals surface area contributed by atoms with Crippen molar-refractivity contribution >= 4 is 17.4 Å². The van der Waals surface area contributed by atoms with Crippen molar-refractivity contribution in [1.29, 1.82) is 0 Å². The minimum atomic E-state index is -0.845. The first-order valence-electron chi connectivity index (χ1n) is 11.7. The highest BCUT2D eigenvalue weighted by molar-refractivity contribution is 6.46. The molecule has 0 radical (unpaired) electrons. The number of likely N-dealkylation sites (tertiary alicyclic amines) is 1. The zero-order valence-corrected chi connectivity index (χ0v) is 21.5. The number of methoxy groups -OCH3 is 3. The SMILES string of the molecule is COc1cc(C2/C(=C(/O)c3ccc4c(c3)CC(C)O4)C(=O)C(=O)N2CCN(C)C)cc(OC)c1OC. The molecule has 2 aromatic rings. The molecule has 0 aromatic heterocycles. The second kappa shape index (κ2) is 10.1. The van der Waals surface area contributed by atoms with Crippen molar-refractivity contribution in [2.45, 2.75) is 25.5 Å². The Balaban J connectivity index is 1.90. The Morgan fingerprint density at radius 1 is 1.08 bits per heavy atom. The van der Waals surface area contributed by atoms with Crippen LogP contribution in [0.4, 0.5) is 0 Å². The molecule has 1 saturated heterocycles. The molecule has 2 aliphatic heterocycles. The van der Waals surface area contributed by atoms with Crippen molar-refractivity contribution in [1.82, 2.24) is 9.80 Å². The Bertz CT molecular complexity index is 1200. The smallest absolute Gasteiger partial charge is 0.295 e. The van der Waals surface area contributed by atoms with Crippen LogP contribution in [0.3, 0.4) is 0 Å². The van der Waals surface area contributed by atoms with Crippen molar-refractivity contribution in [2.24, 2.45) is 0 Å². The van der Waals surface area contributed by atoms with Crippen molar-refractivity contribution in [3.05, 3.63) is 52.6 Å². The molecule has 9 nitrogen and oxygen atoms in total. The van der Waals surface area contributed by atoms with Crippen molar-refractivity contribution in [2.75, 3.05) is 48.5 Å². The lowest BCUT2D eigenvalue weighted by molar-refractivity contribution is -0.140. The van der Waals surface area contributed by atoms with Crippen LogP contribution in [0.1, 0.15) is 29.7 Å². The third-order valence-corrected chi connectivity index (χ3v) is 6.50. The van der Waals surface area contributed by atoms with Crippen LogP contribution < -0.4 is 18.9 Å². The molecule has 1 fully saturated rings. The molecule has 0 aliphatic carbocycles. The zero-order chi connectivity index (χ0) is 26.1. The van der Waals surface area contributed by atoms with Crippen LogP contribution in [0.25, 0.3) is 5.76 Å². The van der Waals surface area contributed by atoms with Crippen LogP contribution in [0.5, 0.6) is 23.0 Å². The number of rotatable bonds is 8. The van der Waals surface area contributed by atoms with Crippen molar-refractivity contribution in [3.63, 3.8) is 0 Å². The molecular formula is C27H32N2O7. The van der Waals surface area contributed by atoms with E-state index in [1.54, 1.807) is 24.3 Å². The summed E-state index contributed by atoms with van der Waals surface area (Å²) in [4.78, 5) is 30.0. The van der Waals surface area contributed by atoms with Crippen LogP contribution in [0.2, 0.25) is 0 Å². The molecule has 0 saturated carbocycles. The molecule has 1 amide bonds. The molecule has 4 rings (SSSR count). The first-order chi connectivity index (χ1) is 17.2. The van der Waals surface area contributed by atoms with E-state index in [1.165, 1.54) is 26.2 Å².